The molecule has 4 unspecified atom stereocenters. The third-order valence-electron chi connectivity index (χ3n) is 16.3. The van der Waals surface area contributed by atoms with Crippen LogP contribution in [0.5, 0.6) is 0 Å². The Balaban J connectivity index is 1.35. The van der Waals surface area contributed by atoms with Crippen LogP contribution in [-0.4, -0.2) is 0 Å². The lowest BCUT2D eigenvalue weighted by Gasteiger charge is -2.60. The molecule has 0 nitrogen and oxygen atoms in total. The number of allylic oxidation sites excluding steroid dienone is 1. The molecule has 0 amide bonds. The van der Waals surface area contributed by atoms with E-state index >= 15 is 0 Å². The summed E-state index contributed by atoms with van der Waals surface area (Å²) in [7, 11) is 0. The first-order valence-electron chi connectivity index (χ1n) is 17.8. The number of thiophene rings is 1. The van der Waals surface area contributed by atoms with E-state index in [9.17, 15) is 0 Å². The molecule has 7 aliphatic rings. The maximum absolute atomic E-state index is 2.64. The van der Waals surface area contributed by atoms with Crippen LogP contribution < -0.4 is 5.22 Å². The van der Waals surface area contributed by atoms with Gasteiger partial charge in [-0.05, 0) is 184 Å². The predicted octanol–water partition coefficient (Wildman–Crippen LogP) is 10.9. The molecule has 10 aromatic carbocycles. The number of rotatable bonds is 0. The van der Waals surface area contributed by atoms with E-state index in [0.29, 0.717) is 11.8 Å². The Labute approximate surface area is 270 Å². The molecule has 0 saturated heterocycles. The summed E-state index contributed by atoms with van der Waals surface area (Å²) in [5.74, 6) is 0.951. The number of fused-ring (bicyclic) bond motifs is 5. The number of hydrogen-bond donors (Lipinski definition) is 0. The first-order chi connectivity index (χ1) is 23.3. The zero-order valence-corrected chi connectivity index (χ0v) is 26.0. The van der Waals surface area contributed by atoms with Gasteiger partial charge in [-0.3, -0.25) is 0 Å². The third-order valence-corrected chi connectivity index (χ3v) is 17.2. The van der Waals surface area contributed by atoms with Crippen LogP contribution in [0.25, 0.3) is 109 Å². The molecule has 4 atom stereocenters. The van der Waals surface area contributed by atoms with Gasteiger partial charge in [-0.1, -0.05) is 54.1 Å². The second-order valence-corrected chi connectivity index (χ2v) is 17.8. The summed E-state index contributed by atoms with van der Waals surface area (Å²) < 4.78 is 0. The van der Waals surface area contributed by atoms with Gasteiger partial charge in [0.2, 0.25) is 0 Å². The van der Waals surface area contributed by atoms with Crippen molar-refractivity contribution in [3.8, 4) is 0 Å². The molecule has 1 saturated carbocycles. The van der Waals surface area contributed by atoms with Crippen LogP contribution in [0.4, 0.5) is 0 Å². The van der Waals surface area contributed by atoms with Crippen molar-refractivity contribution >= 4 is 120 Å². The molecule has 1 heteroatoms. The van der Waals surface area contributed by atoms with Crippen LogP contribution in [0.3, 0.4) is 0 Å². The lowest BCUT2D eigenvalue weighted by atomic mass is 9.41. The van der Waals surface area contributed by atoms with Crippen LogP contribution >= 0.6 is 11.3 Å². The van der Waals surface area contributed by atoms with Gasteiger partial charge in [-0.25, -0.2) is 0 Å². The standard InChI is InChI=1S/C46H20S/c1-3-18-20-5-7-22-24-9-10-25-23-8-6-21-19-4-2-17-16(1)27-29(18)36-31(20)33(22)43-41-39(36)38-35(27)28(17)30(19)37-32(21)34(23)44(42(41)40(37)38)46(25)14-26-15(11-12-47-26)13-45(24,43)46/h1-8,11-12,16,24H,9-10,13-14H2. The summed E-state index contributed by atoms with van der Waals surface area (Å²) >= 11 is 2.05. The van der Waals surface area contributed by atoms with Gasteiger partial charge in [0.1, 0.15) is 0 Å². The molecule has 0 aliphatic heterocycles. The van der Waals surface area contributed by atoms with Crippen LogP contribution in [0, 0.1) is 0 Å². The van der Waals surface area contributed by atoms with Crippen molar-refractivity contribution in [2.24, 2.45) is 0 Å². The van der Waals surface area contributed by atoms with Crippen molar-refractivity contribution < 1.29 is 0 Å². The van der Waals surface area contributed by atoms with E-state index in [2.05, 4.69) is 60.0 Å². The van der Waals surface area contributed by atoms with E-state index < -0.39 is 0 Å². The van der Waals surface area contributed by atoms with Gasteiger partial charge in [-0.15, -0.1) is 11.3 Å². The molecular formula is C46H20S. The topological polar surface area (TPSA) is 0 Å². The molecule has 0 N–H and O–H groups in total. The van der Waals surface area contributed by atoms with E-state index in [4.69, 9.17) is 0 Å². The molecule has 0 radical (unpaired) electrons. The lowest BCUT2D eigenvalue weighted by Crippen LogP contribution is -2.59. The van der Waals surface area contributed by atoms with Crippen LogP contribution in [-0.2, 0) is 23.7 Å². The minimum atomic E-state index is 0.0558. The highest BCUT2D eigenvalue weighted by molar-refractivity contribution is 7.10. The van der Waals surface area contributed by atoms with Gasteiger partial charge in [0.25, 0.3) is 0 Å². The second kappa shape index (κ2) is 5.31. The van der Waals surface area contributed by atoms with Crippen LogP contribution in [0.15, 0.2) is 53.9 Å². The Morgan fingerprint density at radius 1 is 0.596 bits per heavy atom. The Bertz CT molecular complexity index is 3640. The molecule has 210 valence electrons. The first-order valence-corrected chi connectivity index (χ1v) is 18.7. The molecule has 47 heavy (non-hydrogen) atoms. The number of hydrogen-bond acceptors (Lipinski definition) is 1. The highest BCUT2D eigenvalue weighted by Gasteiger charge is 2.70. The van der Waals surface area contributed by atoms with Gasteiger partial charge in [0.05, 0.1) is 0 Å². The molecule has 1 fully saturated rings. The largest absolute Gasteiger partial charge is 0.149 e. The highest BCUT2D eigenvalue weighted by Crippen LogP contribution is 2.79. The van der Waals surface area contributed by atoms with Gasteiger partial charge >= 0.3 is 0 Å². The van der Waals surface area contributed by atoms with Crippen molar-refractivity contribution in [1.82, 2.24) is 0 Å². The summed E-state index contributed by atoms with van der Waals surface area (Å²) in [5.41, 5.74) is 13.6. The van der Waals surface area contributed by atoms with Crippen molar-refractivity contribution in [2.75, 3.05) is 0 Å². The van der Waals surface area contributed by atoms with Crippen molar-refractivity contribution in [2.45, 2.75) is 48.3 Å². The summed E-state index contributed by atoms with van der Waals surface area (Å²) in [4.78, 5) is 1.67. The summed E-state index contributed by atoms with van der Waals surface area (Å²) in [6.07, 6.45) is 10.0. The van der Waals surface area contributed by atoms with E-state index in [1.165, 1.54) is 47.4 Å². The summed E-state index contributed by atoms with van der Waals surface area (Å²) in [5, 5.41) is 33.3. The van der Waals surface area contributed by atoms with E-state index in [1.54, 1.807) is 124 Å². The minimum absolute atomic E-state index is 0.0558. The smallest absolute Gasteiger partial charge is 0.0338 e. The van der Waals surface area contributed by atoms with Gasteiger partial charge in [-0.2, -0.15) is 0 Å². The van der Waals surface area contributed by atoms with E-state index in [0.717, 1.165) is 0 Å². The van der Waals surface area contributed by atoms with Crippen molar-refractivity contribution in [3.05, 3.63) is 103 Å². The highest BCUT2D eigenvalue weighted by atomic mass is 32.1. The average molecular weight is 605 g/mol. The molecule has 1 heterocycles. The Morgan fingerprint density at radius 3 is 2.32 bits per heavy atom. The second-order valence-electron chi connectivity index (χ2n) is 16.8. The van der Waals surface area contributed by atoms with Crippen molar-refractivity contribution in [3.63, 3.8) is 0 Å². The molecular weight excluding hydrogens is 585 g/mol. The van der Waals surface area contributed by atoms with Gasteiger partial charge < -0.3 is 0 Å². The molecule has 11 aromatic rings. The van der Waals surface area contributed by atoms with Crippen molar-refractivity contribution in [1.29, 1.82) is 0 Å². The minimum Gasteiger partial charge on any atom is -0.149 e. The zero-order chi connectivity index (χ0) is 28.9. The fourth-order valence-electron chi connectivity index (χ4n) is 15.5. The molecule has 2 spiro atoms. The summed E-state index contributed by atoms with van der Waals surface area (Å²) in [6, 6.07) is 18.0. The number of benzene rings is 7. The average Bonchev–Trinajstić information content (AvgIpc) is 3.94. The van der Waals surface area contributed by atoms with Gasteiger partial charge in [0, 0.05) is 21.6 Å². The maximum atomic E-state index is 2.64. The molecule has 1 aromatic heterocycles. The third kappa shape index (κ3) is 1.40. The SMILES string of the molecule is C1=CC2c3ccc4c5ccc6c7c8c9c%10c%11c%12c(ccc%13c1c1c2c2c3c4c(c75)c9c2c%10c1c%13%12)C1CCC=6C82Cc3sccc3CC%1112. The summed E-state index contributed by atoms with van der Waals surface area (Å²) in [6.45, 7) is 0. The fourth-order valence-corrected chi connectivity index (χ4v) is 16.5. The Hall–Kier alpha value is -4.72. The fraction of sp³-hybridized carbons (Fsp3) is 0.174. The normalized spacial score (nSPS) is 28.1. The lowest BCUT2D eigenvalue weighted by molar-refractivity contribution is 0.185. The van der Waals surface area contributed by atoms with E-state index in [-0.39, 0.29) is 10.8 Å². The van der Waals surface area contributed by atoms with Crippen LogP contribution in [0.1, 0.15) is 68.5 Å². The van der Waals surface area contributed by atoms with E-state index in [1.807, 2.05) is 16.9 Å². The predicted molar refractivity (Wildman–Crippen MR) is 196 cm³/mol. The Kier molecular flexibility index (Phi) is 2.32. The zero-order valence-electron chi connectivity index (χ0n) is 25.2. The molecule has 0 bridgehead atoms. The quantitative estimate of drug-likeness (QED) is 0.151. The van der Waals surface area contributed by atoms with Gasteiger partial charge in [0.15, 0.2) is 0 Å². The monoisotopic (exact) mass is 604 g/mol. The van der Waals surface area contributed by atoms with Crippen LogP contribution in [0.2, 0.25) is 0 Å². The Morgan fingerprint density at radius 2 is 1.36 bits per heavy atom. The maximum Gasteiger partial charge on any atom is 0.0338 e. The first kappa shape index (κ1) is 20.5. The molecule has 18 rings (SSSR count). The molecule has 7 aliphatic carbocycles.